The van der Waals surface area contributed by atoms with Gasteiger partial charge < -0.3 is 9.64 Å². The number of piperidine rings is 1. The average Bonchev–Trinajstić information content (AvgIpc) is 2.68. The summed E-state index contributed by atoms with van der Waals surface area (Å²) in [6.07, 6.45) is 5.75. The van der Waals surface area contributed by atoms with E-state index < -0.39 is 0 Å². The second-order valence-electron chi connectivity index (χ2n) is 9.68. The Hall–Kier alpha value is -2.03. The van der Waals surface area contributed by atoms with Crippen LogP contribution in [-0.4, -0.2) is 24.2 Å². The summed E-state index contributed by atoms with van der Waals surface area (Å²) in [5.41, 5.74) is 6.83. The normalized spacial score (nSPS) is 17.4. The molecule has 158 valence electrons. The van der Waals surface area contributed by atoms with Gasteiger partial charge in [0, 0.05) is 30.5 Å². The first-order chi connectivity index (χ1) is 13.7. The van der Waals surface area contributed by atoms with E-state index >= 15 is 0 Å². The molecule has 0 N–H and O–H groups in total. The summed E-state index contributed by atoms with van der Waals surface area (Å²) in [6.45, 7) is 17.9. The molecule has 0 bridgehead atoms. The Morgan fingerprint density at radius 3 is 2.24 bits per heavy atom. The quantitative estimate of drug-likeness (QED) is 0.547. The predicted octanol–water partition coefficient (Wildman–Crippen LogP) is 6.67. The molecule has 0 radical (unpaired) electrons. The van der Waals surface area contributed by atoms with Crippen LogP contribution in [0.15, 0.2) is 30.5 Å². The van der Waals surface area contributed by atoms with Gasteiger partial charge in [-0.2, -0.15) is 0 Å². The molecule has 1 atom stereocenters. The summed E-state index contributed by atoms with van der Waals surface area (Å²) in [4.78, 5) is 7.34. The maximum absolute atomic E-state index is 6.07. The van der Waals surface area contributed by atoms with E-state index in [9.17, 15) is 0 Å². The molecule has 0 aliphatic carbocycles. The maximum Gasteiger partial charge on any atom is 0.119 e. The van der Waals surface area contributed by atoms with Crippen LogP contribution in [0, 0.1) is 18.3 Å². The maximum atomic E-state index is 6.07. The van der Waals surface area contributed by atoms with Crippen molar-refractivity contribution in [2.75, 3.05) is 18.0 Å². The zero-order valence-electron chi connectivity index (χ0n) is 19.4. The van der Waals surface area contributed by atoms with Crippen molar-refractivity contribution >= 4 is 5.69 Å². The SMILES string of the molecule is CCc1c(C)ncc(-c2ccc(O[C@@H](C)C(C)C)cc2)c1N1CCC(C)(C)CC1. The molecule has 1 aliphatic heterocycles. The summed E-state index contributed by atoms with van der Waals surface area (Å²) in [6, 6.07) is 8.57. The highest BCUT2D eigenvalue weighted by Crippen LogP contribution is 2.40. The van der Waals surface area contributed by atoms with Crippen molar-refractivity contribution in [3.05, 3.63) is 41.7 Å². The molecule has 0 spiro atoms. The molecule has 1 aromatic carbocycles. The van der Waals surface area contributed by atoms with E-state index in [-0.39, 0.29) is 6.10 Å². The molecule has 2 aromatic rings. The number of anilines is 1. The number of aryl methyl sites for hydroxylation is 1. The van der Waals surface area contributed by atoms with Crippen LogP contribution < -0.4 is 9.64 Å². The van der Waals surface area contributed by atoms with Gasteiger partial charge in [0.1, 0.15) is 5.75 Å². The number of ether oxygens (including phenoxy) is 1. The first kappa shape index (κ1) is 21.7. The second kappa shape index (κ2) is 8.77. The van der Waals surface area contributed by atoms with E-state index in [0.29, 0.717) is 11.3 Å². The second-order valence-corrected chi connectivity index (χ2v) is 9.68. The van der Waals surface area contributed by atoms with Crippen LogP contribution in [0.4, 0.5) is 5.69 Å². The lowest BCUT2D eigenvalue weighted by atomic mass is 9.82. The van der Waals surface area contributed by atoms with Crippen LogP contribution in [0.2, 0.25) is 0 Å². The van der Waals surface area contributed by atoms with Crippen LogP contribution in [0.5, 0.6) is 5.75 Å². The third kappa shape index (κ3) is 4.94. The summed E-state index contributed by atoms with van der Waals surface area (Å²) in [7, 11) is 0. The highest BCUT2D eigenvalue weighted by molar-refractivity contribution is 5.81. The molecular formula is C26H38N2O. The van der Waals surface area contributed by atoms with Gasteiger partial charge in [0.25, 0.3) is 0 Å². The number of nitrogens with zero attached hydrogens (tertiary/aromatic N) is 2. The van der Waals surface area contributed by atoms with E-state index in [2.05, 4.69) is 83.8 Å². The Kier molecular flexibility index (Phi) is 6.55. The molecule has 1 aliphatic rings. The zero-order chi connectivity index (χ0) is 21.2. The van der Waals surface area contributed by atoms with Gasteiger partial charge >= 0.3 is 0 Å². The molecule has 3 heteroatoms. The minimum absolute atomic E-state index is 0.209. The molecule has 1 fully saturated rings. The smallest absolute Gasteiger partial charge is 0.119 e. The van der Waals surface area contributed by atoms with Gasteiger partial charge in [0.15, 0.2) is 0 Å². The molecule has 0 saturated carbocycles. The molecule has 3 nitrogen and oxygen atoms in total. The number of hydrogen-bond acceptors (Lipinski definition) is 3. The van der Waals surface area contributed by atoms with Crippen LogP contribution in [0.3, 0.4) is 0 Å². The fraction of sp³-hybridized carbons (Fsp3) is 0.577. The van der Waals surface area contributed by atoms with Crippen molar-refractivity contribution in [2.45, 2.75) is 73.8 Å². The Morgan fingerprint density at radius 1 is 1.07 bits per heavy atom. The average molecular weight is 395 g/mol. The van der Waals surface area contributed by atoms with Crippen molar-refractivity contribution in [1.82, 2.24) is 4.98 Å². The Labute approximate surface area is 177 Å². The van der Waals surface area contributed by atoms with E-state index in [1.54, 1.807) is 0 Å². The van der Waals surface area contributed by atoms with Crippen LogP contribution in [0.25, 0.3) is 11.1 Å². The molecule has 3 rings (SSSR count). The van der Waals surface area contributed by atoms with Crippen LogP contribution in [-0.2, 0) is 6.42 Å². The van der Waals surface area contributed by atoms with Crippen LogP contribution in [0.1, 0.15) is 65.6 Å². The highest BCUT2D eigenvalue weighted by Gasteiger charge is 2.28. The highest BCUT2D eigenvalue weighted by atomic mass is 16.5. The standard InChI is InChI=1S/C26H38N2O/c1-8-23-19(4)27-17-24(25(23)28-15-13-26(6,7)14-16-28)21-9-11-22(12-10-21)29-20(5)18(2)3/h9-12,17-18,20H,8,13-16H2,1-7H3/t20-/m0/s1. The van der Waals surface area contributed by atoms with Crippen molar-refractivity contribution in [3.63, 3.8) is 0 Å². The molecule has 1 aromatic heterocycles. The first-order valence-electron chi connectivity index (χ1n) is 11.2. The third-order valence-electron chi connectivity index (χ3n) is 6.58. The lowest BCUT2D eigenvalue weighted by molar-refractivity contribution is 0.170. The number of rotatable bonds is 6. The summed E-state index contributed by atoms with van der Waals surface area (Å²) >= 11 is 0. The number of hydrogen-bond donors (Lipinski definition) is 0. The molecular weight excluding hydrogens is 356 g/mol. The Balaban J connectivity index is 1.95. The molecule has 2 heterocycles. The topological polar surface area (TPSA) is 25.4 Å². The molecule has 0 unspecified atom stereocenters. The first-order valence-corrected chi connectivity index (χ1v) is 11.2. The Bertz CT molecular complexity index is 813. The van der Waals surface area contributed by atoms with Crippen molar-refractivity contribution in [2.24, 2.45) is 11.3 Å². The lowest BCUT2D eigenvalue weighted by Crippen LogP contribution is -2.38. The van der Waals surface area contributed by atoms with Crippen molar-refractivity contribution in [3.8, 4) is 16.9 Å². The fourth-order valence-corrected chi connectivity index (χ4v) is 4.03. The number of pyridine rings is 1. The van der Waals surface area contributed by atoms with E-state index in [0.717, 1.165) is 31.0 Å². The Morgan fingerprint density at radius 2 is 1.69 bits per heavy atom. The van der Waals surface area contributed by atoms with Gasteiger partial charge in [0.05, 0.1) is 11.8 Å². The van der Waals surface area contributed by atoms with E-state index in [1.165, 1.54) is 35.2 Å². The van der Waals surface area contributed by atoms with Crippen LogP contribution >= 0.6 is 0 Å². The van der Waals surface area contributed by atoms with Crippen molar-refractivity contribution in [1.29, 1.82) is 0 Å². The van der Waals surface area contributed by atoms with Gasteiger partial charge in [-0.15, -0.1) is 0 Å². The minimum Gasteiger partial charge on any atom is -0.490 e. The lowest BCUT2D eigenvalue weighted by Gasteiger charge is -2.40. The summed E-state index contributed by atoms with van der Waals surface area (Å²) < 4.78 is 6.07. The van der Waals surface area contributed by atoms with Gasteiger partial charge in [-0.25, -0.2) is 0 Å². The van der Waals surface area contributed by atoms with Gasteiger partial charge in [-0.1, -0.05) is 46.8 Å². The summed E-state index contributed by atoms with van der Waals surface area (Å²) in [5, 5.41) is 0. The number of benzene rings is 1. The van der Waals surface area contributed by atoms with Gasteiger partial charge in [-0.3, -0.25) is 4.98 Å². The van der Waals surface area contributed by atoms with E-state index in [1.807, 2.05) is 0 Å². The van der Waals surface area contributed by atoms with Gasteiger partial charge in [0.2, 0.25) is 0 Å². The van der Waals surface area contributed by atoms with Crippen molar-refractivity contribution < 1.29 is 4.74 Å². The molecule has 1 saturated heterocycles. The minimum atomic E-state index is 0.209. The van der Waals surface area contributed by atoms with E-state index in [4.69, 9.17) is 9.72 Å². The summed E-state index contributed by atoms with van der Waals surface area (Å²) in [5.74, 6) is 1.44. The zero-order valence-corrected chi connectivity index (χ0v) is 19.4. The largest absolute Gasteiger partial charge is 0.490 e. The molecule has 0 amide bonds. The predicted molar refractivity (Wildman–Crippen MR) is 124 cm³/mol. The van der Waals surface area contributed by atoms with Gasteiger partial charge in [-0.05, 0) is 67.7 Å². The molecule has 29 heavy (non-hydrogen) atoms. The third-order valence-corrected chi connectivity index (χ3v) is 6.58. The monoisotopic (exact) mass is 394 g/mol. The number of aromatic nitrogens is 1. The fourth-order valence-electron chi connectivity index (χ4n) is 4.03.